The van der Waals surface area contributed by atoms with Gasteiger partial charge in [-0.25, -0.2) is 8.78 Å². The fourth-order valence-electron chi connectivity index (χ4n) is 4.35. The summed E-state index contributed by atoms with van der Waals surface area (Å²) in [4.78, 5) is 0. The van der Waals surface area contributed by atoms with Gasteiger partial charge in [0.1, 0.15) is 5.82 Å². The molecule has 3 aromatic carbocycles. The molecule has 0 radical (unpaired) electrons. The minimum Gasteiger partial charge on any atom is -0.432 e. The highest BCUT2D eigenvalue weighted by Gasteiger charge is 2.18. The first-order valence-electron chi connectivity index (χ1n) is 10.9. The van der Waals surface area contributed by atoms with Crippen LogP contribution >= 0.6 is 0 Å². The van der Waals surface area contributed by atoms with Gasteiger partial charge in [-0.05, 0) is 66.8 Å². The molecular formula is C27H24F4O. The number of rotatable bonds is 4. The van der Waals surface area contributed by atoms with Crippen LogP contribution in [0.3, 0.4) is 0 Å². The molecular weight excluding hydrogens is 416 g/mol. The molecule has 0 aliphatic heterocycles. The van der Waals surface area contributed by atoms with Crippen LogP contribution in [0.4, 0.5) is 17.6 Å². The SMILES string of the molecule is CCC1CCC(C#Cc2ccc(-c3ccc4c(F)c(OC(F)F)ccc4c3)c(F)c2)CC1. The molecule has 0 bridgehead atoms. The zero-order valence-electron chi connectivity index (χ0n) is 17.8. The average Bonchev–Trinajstić information content (AvgIpc) is 2.79. The molecule has 1 saturated carbocycles. The van der Waals surface area contributed by atoms with Crippen molar-refractivity contribution in [2.45, 2.75) is 45.6 Å². The second-order valence-corrected chi connectivity index (χ2v) is 8.28. The van der Waals surface area contributed by atoms with E-state index in [0.717, 1.165) is 24.8 Å². The molecule has 1 aliphatic rings. The summed E-state index contributed by atoms with van der Waals surface area (Å²) in [6, 6.07) is 12.1. The maximum Gasteiger partial charge on any atom is 0.387 e. The van der Waals surface area contributed by atoms with Crippen LogP contribution in [0.1, 0.15) is 44.6 Å². The van der Waals surface area contributed by atoms with Crippen molar-refractivity contribution in [1.29, 1.82) is 0 Å². The smallest absolute Gasteiger partial charge is 0.387 e. The molecule has 0 amide bonds. The number of halogens is 4. The third kappa shape index (κ3) is 4.91. The van der Waals surface area contributed by atoms with Crippen molar-refractivity contribution >= 4 is 10.8 Å². The minimum atomic E-state index is -3.11. The highest BCUT2D eigenvalue weighted by molar-refractivity contribution is 5.89. The molecule has 1 fully saturated rings. The molecule has 1 nitrogen and oxygen atoms in total. The third-order valence-corrected chi connectivity index (χ3v) is 6.26. The summed E-state index contributed by atoms with van der Waals surface area (Å²) in [6.45, 7) is -0.880. The van der Waals surface area contributed by atoms with E-state index in [1.54, 1.807) is 24.3 Å². The van der Waals surface area contributed by atoms with Crippen LogP contribution < -0.4 is 4.74 Å². The number of benzene rings is 3. The van der Waals surface area contributed by atoms with Gasteiger partial charge < -0.3 is 4.74 Å². The van der Waals surface area contributed by atoms with E-state index in [2.05, 4.69) is 23.5 Å². The van der Waals surface area contributed by atoms with Gasteiger partial charge in [0.25, 0.3) is 0 Å². The number of hydrogen-bond donors (Lipinski definition) is 0. The van der Waals surface area contributed by atoms with Crippen molar-refractivity contribution in [3.8, 4) is 28.7 Å². The molecule has 0 spiro atoms. The van der Waals surface area contributed by atoms with Gasteiger partial charge >= 0.3 is 6.61 Å². The van der Waals surface area contributed by atoms with Crippen molar-refractivity contribution in [3.63, 3.8) is 0 Å². The zero-order chi connectivity index (χ0) is 22.7. The highest BCUT2D eigenvalue weighted by atomic mass is 19.3. The number of fused-ring (bicyclic) bond motifs is 1. The van der Waals surface area contributed by atoms with Crippen molar-refractivity contribution in [3.05, 3.63) is 65.7 Å². The summed E-state index contributed by atoms with van der Waals surface area (Å²) in [6.07, 6.45) is 5.84. The Bertz CT molecular complexity index is 1170. The lowest BCUT2D eigenvalue weighted by Crippen LogP contribution is -2.12. The fraction of sp³-hybridized carbons (Fsp3) is 0.333. The quantitative estimate of drug-likeness (QED) is 0.295. The van der Waals surface area contributed by atoms with Crippen LogP contribution in [0.2, 0.25) is 0 Å². The molecule has 0 unspecified atom stereocenters. The van der Waals surface area contributed by atoms with E-state index in [0.29, 0.717) is 28.0 Å². The largest absolute Gasteiger partial charge is 0.432 e. The van der Waals surface area contributed by atoms with Crippen LogP contribution in [0.25, 0.3) is 21.9 Å². The van der Waals surface area contributed by atoms with E-state index >= 15 is 0 Å². The monoisotopic (exact) mass is 440 g/mol. The summed E-state index contributed by atoms with van der Waals surface area (Å²) in [5.74, 6) is 5.79. The van der Waals surface area contributed by atoms with Gasteiger partial charge in [0.05, 0.1) is 0 Å². The Morgan fingerprint density at radius 1 is 0.969 bits per heavy atom. The van der Waals surface area contributed by atoms with Crippen LogP contribution in [0, 0.1) is 35.3 Å². The summed E-state index contributed by atoms with van der Waals surface area (Å²) in [7, 11) is 0. The first-order chi connectivity index (χ1) is 15.4. The van der Waals surface area contributed by atoms with Gasteiger partial charge in [-0.2, -0.15) is 8.78 Å². The molecule has 0 N–H and O–H groups in total. The van der Waals surface area contributed by atoms with Gasteiger partial charge in [0.2, 0.25) is 0 Å². The van der Waals surface area contributed by atoms with Crippen LogP contribution in [-0.2, 0) is 0 Å². The highest BCUT2D eigenvalue weighted by Crippen LogP contribution is 2.33. The molecule has 32 heavy (non-hydrogen) atoms. The van der Waals surface area contributed by atoms with Gasteiger partial charge in [0, 0.05) is 22.4 Å². The summed E-state index contributed by atoms with van der Waals surface area (Å²) < 4.78 is 58.3. The number of hydrogen-bond acceptors (Lipinski definition) is 1. The second kappa shape index (κ2) is 9.65. The minimum absolute atomic E-state index is 0.132. The standard InChI is InChI=1S/C27H24F4O/c1-2-17-3-5-18(6-4-17)7-8-19-9-12-22(24(28)15-19)20-10-13-23-21(16-20)11-14-25(26(23)29)32-27(30)31/h9-18,27H,2-6H2,1H3. The Kier molecular flexibility index (Phi) is 6.69. The van der Waals surface area contributed by atoms with Crippen LogP contribution in [-0.4, -0.2) is 6.61 Å². The van der Waals surface area contributed by atoms with E-state index in [1.807, 2.05) is 0 Å². The second-order valence-electron chi connectivity index (χ2n) is 8.28. The Morgan fingerprint density at radius 3 is 2.44 bits per heavy atom. The maximum atomic E-state index is 14.8. The van der Waals surface area contributed by atoms with E-state index in [9.17, 15) is 17.6 Å². The van der Waals surface area contributed by atoms with Gasteiger partial charge in [0.15, 0.2) is 11.6 Å². The normalized spacial score (nSPS) is 18.4. The molecule has 0 saturated heterocycles. The van der Waals surface area contributed by atoms with Crippen molar-refractivity contribution in [1.82, 2.24) is 0 Å². The van der Waals surface area contributed by atoms with Crippen molar-refractivity contribution in [2.24, 2.45) is 11.8 Å². The van der Waals surface area contributed by atoms with Gasteiger partial charge in [-0.3, -0.25) is 0 Å². The van der Waals surface area contributed by atoms with E-state index in [4.69, 9.17) is 0 Å². The first-order valence-corrected chi connectivity index (χ1v) is 10.9. The van der Waals surface area contributed by atoms with Crippen molar-refractivity contribution in [2.75, 3.05) is 0 Å². The van der Waals surface area contributed by atoms with E-state index in [1.165, 1.54) is 37.5 Å². The topological polar surface area (TPSA) is 9.23 Å². The predicted octanol–water partition coefficient (Wildman–Crippen LogP) is 7.95. The molecule has 3 aromatic rings. The lowest BCUT2D eigenvalue weighted by atomic mass is 9.81. The lowest BCUT2D eigenvalue weighted by molar-refractivity contribution is -0.0520. The van der Waals surface area contributed by atoms with Crippen molar-refractivity contribution < 1.29 is 22.3 Å². The third-order valence-electron chi connectivity index (χ3n) is 6.26. The molecule has 5 heteroatoms. The maximum absolute atomic E-state index is 14.8. The summed E-state index contributed by atoms with van der Waals surface area (Å²) in [5, 5.41) is 0.597. The Morgan fingerprint density at radius 2 is 1.75 bits per heavy atom. The Labute approximate surface area is 185 Å². The lowest BCUT2D eigenvalue weighted by Gasteiger charge is -2.24. The zero-order valence-corrected chi connectivity index (χ0v) is 17.8. The van der Waals surface area contributed by atoms with E-state index in [-0.39, 0.29) is 5.39 Å². The molecule has 4 rings (SSSR count). The van der Waals surface area contributed by atoms with Crippen LogP contribution in [0.5, 0.6) is 5.75 Å². The van der Waals surface area contributed by atoms with Gasteiger partial charge in [-0.15, -0.1) is 0 Å². The van der Waals surface area contributed by atoms with Gasteiger partial charge in [-0.1, -0.05) is 49.5 Å². The summed E-state index contributed by atoms with van der Waals surface area (Å²) >= 11 is 0. The average molecular weight is 440 g/mol. The Hall–Kier alpha value is -3.00. The first kappa shape index (κ1) is 22.2. The molecule has 166 valence electrons. The summed E-state index contributed by atoms with van der Waals surface area (Å²) in [5.41, 5.74) is 1.56. The fourth-order valence-corrected chi connectivity index (χ4v) is 4.35. The number of alkyl halides is 2. The van der Waals surface area contributed by atoms with Crippen LogP contribution in [0.15, 0.2) is 48.5 Å². The molecule has 0 aromatic heterocycles. The predicted molar refractivity (Wildman–Crippen MR) is 119 cm³/mol. The van der Waals surface area contributed by atoms with E-state index < -0.39 is 24.0 Å². The molecule has 0 heterocycles. The Balaban J connectivity index is 1.55. The number of ether oxygens (including phenoxy) is 1. The molecule has 0 atom stereocenters. The molecule has 1 aliphatic carbocycles.